The van der Waals surface area contributed by atoms with Crippen LogP contribution in [0.4, 0.5) is 0 Å². The molecule has 1 amide bonds. The molecule has 1 aromatic rings. The van der Waals surface area contributed by atoms with E-state index < -0.39 is 5.91 Å². The molecule has 0 aliphatic carbocycles. The summed E-state index contributed by atoms with van der Waals surface area (Å²) in [6.07, 6.45) is 2.52. The molecule has 0 radical (unpaired) electrons. The van der Waals surface area contributed by atoms with Crippen LogP contribution in [-0.2, 0) is 6.54 Å². The van der Waals surface area contributed by atoms with Gasteiger partial charge in [0.25, 0.3) is 5.91 Å². The van der Waals surface area contributed by atoms with Gasteiger partial charge in [-0.15, -0.1) is 0 Å². The van der Waals surface area contributed by atoms with Gasteiger partial charge >= 0.3 is 0 Å². The van der Waals surface area contributed by atoms with Crippen LogP contribution in [0, 0.1) is 0 Å². The Labute approximate surface area is 89.1 Å². The first-order chi connectivity index (χ1) is 7.25. The van der Waals surface area contributed by atoms with Crippen molar-refractivity contribution in [2.24, 2.45) is 5.73 Å². The maximum Gasteiger partial charge on any atom is 0.267 e. The van der Waals surface area contributed by atoms with Gasteiger partial charge < -0.3 is 5.73 Å². The van der Waals surface area contributed by atoms with E-state index in [1.165, 1.54) is 12.8 Å². The van der Waals surface area contributed by atoms with E-state index in [-0.39, 0.29) is 0 Å². The number of amides is 1. The van der Waals surface area contributed by atoms with Crippen molar-refractivity contribution in [2.75, 3.05) is 13.1 Å². The molecule has 0 bridgehead atoms. The van der Waals surface area contributed by atoms with Gasteiger partial charge in [0.05, 0.1) is 5.69 Å². The molecule has 1 aliphatic rings. The van der Waals surface area contributed by atoms with Gasteiger partial charge in [-0.25, -0.2) is 4.98 Å². The fourth-order valence-electron chi connectivity index (χ4n) is 1.87. The standard InChI is InChI=1S/C11H15N3O/c12-11(15)10-5-3-4-9(13-10)8-14-6-1-2-7-14/h3-5H,1-2,6-8H2,(H2,12,15). The summed E-state index contributed by atoms with van der Waals surface area (Å²) < 4.78 is 0. The number of nitrogens with two attached hydrogens (primary N) is 1. The zero-order chi connectivity index (χ0) is 10.7. The van der Waals surface area contributed by atoms with Crippen LogP contribution in [0.15, 0.2) is 18.2 Å². The molecule has 1 aliphatic heterocycles. The van der Waals surface area contributed by atoms with Gasteiger partial charge in [-0.2, -0.15) is 0 Å². The number of nitrogens with zero attached hydrogens (tertiary/aromatic N) is 2. The van der Waals surface area contributed by atoms with Crippen molar-refractivity contribution in [1.29, 1.82) is 0 Å². The second-order valence-electron chi connectivity index (χ2n) is 3.86. The Morgan fingerprint density at radius 3 is 2.80 bits per heavy atom. The number of carbonyl (C=O) groups excluding carboxylic acids is 1. The summed E-state index contributed by atoms with van der Waals surface area (Å²) >= 11 is 0. The molecule has 2 N–H and O–H groups in total. The minimum atomic E-state index is -0.460. The zero-order valence-corrected chi connectivity index (χ0v) is 8.65. The van der Waals surface area contributed by atoms with Gasteiger partial charge in [-0.1, -0.05) is 6.07 Å². The van der Waals surface area contributed by atoms with E-state index in [1.807, 2.05) is 12.1 Å². The van der Waals surface area contributed by atoms with Crippen LogP contribution in [-0.4, -0.2) is 28.9 Å². The molecule has 0 unspecified atom stereocenters. The number of primary amides is 1. The molecule has 0 atom stereocenters. The van der Waals surface area contributed by atoms with Gasteiger partial charge in [0.1, 0.15) is 5.69 Å². The van der Waals surface area contributed by atoms with Crippen molar-refractivity contribution in [3.05, 3.63) is 29.6 Å². The van der Waals surface area contributed by atoms with Crippen LogP contribution in [0.2, 0.25) is 0 Å². The predicted octanol–water partition coefficient (Wildman–Crippen LogP) is 0.776. The van der Waals surface area contributed by atoms with Crippen LogP contribution < -0.4 is 5.73 Å². The van der Waals surface area contributed by atoms with E-state index >= 15 is 0 Å². The molecule has 0 aromatic carbocycles. The molecule has 1 saturated heterocycles. The topological polar surface area (TPSA) is 59.2 Å². The van der Waals surface area contributed by atoms with E-state index in [2.05, 4.69) is 9.88 Å². The number of carbonyl (C=O) groups is 1. The minimum Gasteiger partial charge on any atom is -0.364 e. The molecular weight excluding hydrogens is 190 g/mol. The number of rotatable bonds is 3. The number of likely N-dealkylation sites (tertiary alicyclic amines) is 1. The Hall–Kier alpha value is -1.42. The van der Waals surface area contributed by atoms with Crippen molar-refractivity contribution < 1.29 is 4.79 Å². The fraction of sp³-hybridized carbons (Fsp3) is 0.455. The molecular formula is C11H15N3O. The molecule has 80 valence electrons. The quantitative estimate of drug-likeness (QED) is 0.793. The normalized spacial score (nSPS) is 16.8. The van der Waals surface area contributed by atoms with Crippen molar-refractivity contribution in [1.82, 2.24) is 9.88 Å². The fourth-order valence-corrected chi connectivity index (χ4v) is 1.87. The van der Waals surface area contributed by atoms with Gasteiger partial charge in [0, 0.05) is 6.54 Å². The highest BCUT2D eigenvalue weighted by Gasteiger charge is 2.12. The van der Waals surface area contributed by atoms with E-state index in [9.17, 15) is 4.79 Å². The van der Waals surface area contributed by atoms with E-state index in [1.54, 1.807) is 6.07 Å². The third kappa shape index (κ3) is 2.53. The third-order valence-corrected chi connectivity index (χ3v) is 2.64. The van der Waals surface area contributed by atoms with Crippen molar-refractivity contribution >= 4 is 5.91 Å². The highest BCUT2D eigenvalue weighted by Crippen LogP contribution is 2.11. The molecule has 15 heavy (non-hydrogen) atoms. The molecule has 0 saturated carbocycles. The number of aromatic nitrogens is 1. The zero-order valence-electron chi connectivity index (χ0n) is 8.65. The lowest BCUT2D eigenvalue weighted by atomic mass is 10.3. The van der Waals surface area contributed by atoms with E-state index in [0.717, 1.165) is 25.3 Å². The van der Waals surface area contributed by atoms with Crippen LogP contribution in [0.1, 0.15) is 29.0 Å². The van der Waals surface area contributed by atoms with Crippen LogP contribution in [0.25, 0.3) is 0 Å². The summed E-state index contributed by atoms with van der Waals surface area (Å²) in [4.78, 5) is 17.5. The summed E-state index contributed by atoms with van der Waals surface area (Å²) in [5.41, 5.74) is 6.45. The highest BCUT2D eigenvalue weighted by molar-refractivity contribution is 5.90. The first kappa shape index (κ1) is 10.1. The SMILES string of the molecule is NC(=O)c1cccc(CN2CCCC2)n1. The van der Waals surface area contributed by atoms with Gasteiger partial charge in [-0.3, -0.25) is 9.69 Å². The smallest absolute Gasteiger partial charge is 0.267 e. The molecule has 2 heterocycles. The molecule has 2 rings (SSSR count). The Balaban J connectivity index is 2.07. The van der Waals surface area contributed by atoms with Crippen LogP contribution in [0.5, 0.6) is 0 Å². The van der Waals surface area contributed by atoms with Gasteiger partial charge in [0.2, 0.25) is 0 Å². The van der Waals surface area contributed by atoms with E-state index in [4.69, 9.17) is 5.73 Å². The number of pyridine rings is 1. The molecule has 0 spiro atoms. The summed E-state index contributed by atoms with van der Waals surface area (Å²) in [5, 5.41) is 0. The number of hydrogen-bond acceptors (Lipinski definition) is 3. The molecule has 1 fully saturated rings. The van der Waals surface area contributed by atoms with Gasteiger partial charge in [0.15, 0.2) is 0 Å². The average molecular weight is 205 g/mol. The Morgan fingerprint density at radius 2 is 2.13 bits per heavy atom. The Kier molecular flexibility index (Phi) is 2.97. The monoisotopic (exact) mass is 205 g/mol. The second-order valence-corrected chi connectivity index (χ2v) is 3.86. The Bertz CT molecular complexity index is 359. The van der Waals surface area contributed by atoms with Crippen molar-refractivity contribution in [3.63, 3.8) is 0 Å². The van der Waals surface area contributed by atoms with Crippen LogP contribution in [0.3, 0.4) is 0 Å². The number of hydrogen-bond donors (Lipinski definition) is 1. The molecule has 4 nitrogen and oxygen atoms in total. The van der Waals surface area contributed by atoms with Crippen molar-refractivity contribution in [2.45, 2.75) is 19.4 Å². The summed E-state index contributed by atoms with van der Waals surface area (Å²) in [6.45, 7) is 3.08. The Morgan fingerprint density at radius 1 is 1.40 bits per heavy atom. The van der Waals surface area contributed by atoms with Crippen molar-refractivity contribution in [3.8, 4) is 0 Å². The maximum absolute atomic E-state index is 10.9. The third-order valence-electron chi connectivity index (χ3n) is 2.64. The average Bonchev–Trinajstić information content (AvgIpc) is 2.71. The van der Waals surface area contributed by atoms with Crippen LogP contribution >= 0.6 is 0 Å². The minimum absolute atomic E-state index is 0.353. The predicted molar refractivity (Wildman–Crippen MR) is 57.3 cm³/mol. The maximum atomic E-state index is 10.9. The lowest BCUT2D eigenvalue weighted by molar-refractivity contribution is 0.0995. The first-order valence-electron chi connectivity index (χ1n) is 5.24. The summed E-state index contributed by atoms with van der Waals surface area (Å²) in [7, 11) is 0. The largest absolute Gasteiger partial charge is 0.364 e. The lowest BCUT2D eigenvalue weighted by Crippen LogP contribution is -2.20. The lowest BCUT2D eigenvalue weighted by Gasteiger charge is -2.13. The summed E-state index contributed by atoms with van der Waals surface area (Å²) in [5.74, 6) is -0.460. The summed E-state index contributed by atoms with van der Waals surface area (Å²) in [6, 6.07) is 5.42. The van der Waals surface area contributed by atoms with E-state index in [0.29, 0.717) is 5.69 Å². The second kappa shape index (κ2) is 4.40. The molecule has 1 aromatic heterocycles. The highest BCUT2D eigenvalue weighted by atomic mass is 16.1. The van der Waals surface area contributed by atoms with Gasteiger partial charge in [-0.05, 0) is 38.1 Å². The first-order valence-corrected chi connectivity index (χ1v) is 5.24. The molecule has 4 heteroatoms.